The topological polar surface area (TPSA) is 9.23 Å². The van der Waals surface area contributed by atoms with Gasteiger partial charge in [0.25, 0.3) is 0 Å². The molecule has 1 aromatic carbocycles. The molecule has 0 spiro atoms. The molecule has 0 aromatic heterocycles. The summed E-state index contributed by atoms with van der Waals surface area (Å²) in [5, 5.41) is 0. The summed E-state index contributed by atoms with van der Waals surface area (Å²) in [4.78, 5) is 0. The zero-order valence-corrected chi connectivity index (χ0v) is 9.59. The predicted molar refractivity (Wildman–Crippen MR) is 60.6 cm³/mol. The third-order valence-corrected chi connectivity index (χ3v) is 2.09. The molecule has 0 unspecified atom stereocenters. The minimum Gasteiger partial charge on any atom is -0.489 e. The minimum absolute atomic E-state index is 0.126. The Morgan fingerprint density at radius 1 is 1.31 bits per heavy atom. The Labute approximate surface area is 94.7 Å². The summed E-state index contributed by atoms with van der Waals surface area (Å²) >= 11 is 0. The first-order valence-corrected chi connectivity index (χ1v) is 5.26. The molecular formula is C13H16F2O. The van der Waals surface area contributed by atoms with Gasteiger partial charge in [0.15, 0.2) is 0 Å². The van der Waals surface area contributed by atoms with Gasteiger partial charge in [0.1, 0.15) is 24.0 Å². The van der Waals surface area contributed by atoms with Crippen molar-refractivity contribution in [2.75, 3.05) is 6.61 Å². The highest BCUT2D eigenvalue weighted by atomic mass is 19.1. The zero-order valence-electron chi connectivity index (χ0n) is 9.59. The van der Waals surface area contributed by atoms with E-state index in [0.717, 1.165) is 0 Å². The lowest BCUT2D eigenvalue weighted by Crippen LogP contribution is -2.03. The number of ether oxygens (including phenoxy) is 1. The average molecular weight is 226 g/mol. The maximum atomic E-state index is 13.6. The van der Waals surface area contributed by atoms with Crippen molar-refractivity contribution in [3.05, 3.63) is 42.0 Å². The van der Waals surface area contributed by atoms with Crippen molar-refractivity contribution in [1.82, 2.24) is 0 Å². The van der Waals surface area contributed by atoms with Crippen LogP contribution in [-0.4, -0.2) is 6.61 Å². The fraction of sp³-hybridized carbons (Fsp3) is 0.385. The molecule has 0 N–H and O–H groups in total. The molecule has 0 heterocycles. The summed E-state index contributed by atoms with van der Waals surface area (Å²) in [6.45, 7) is 7.54. The fourth-order valence-electron chi connectivity index (χ4n) is 1.42. The molecule has 0 radical (unpaired) electrons. The molecule has 0 amide bonds. The van der Waals surface area contributed by atoms with Gasteiger partial charge in [-0.25, -0.2) is 8.78 Å². The van der Waals surface area contributed by atoms with Crippen LogP contribution in [0, 0.1) is 17.6 Å². The van der Waals surface area contributed by atoms with E-state index in [4.69, 9.17) is 4.74 Å². The summed E-state index contributed by atoms with van der Waals surface area (Å²) in [5.41, 5.74) is 0.126. The quantitative estimate of drug-likeness (QED) is 0.695. The van der Waals surface area contributed by atoms with E-state index in [2.05, 4.69) is 6.58 Å². The van der Waals surface area contributed by atoms with Gasteiger partial charge in [-0.1, -0.05) is 26.5 Å². The third-order valence-electron chi connectivity index (χ3n) is 2.09. The van der Waals surface area contributed by atoms with Crippen molar-refractivity contribution in [2.45, 2.75) is 20.3 Å². The standard InChI is InChI=1S/C13H16F2O/c1-4-5-16-10-7-12(14)11(6-9(2)3)13(15)8-10/h4,7-9H,1,5-6H2,2-3H3. The van der Waals surface area contributed by atoms with Crippen molar-refractivity contribution in [1.29, 1.82) is 0 Å². The zero-order chi connectivity index (χ0) is 12.1. The van der Waals surface area contributed by atoms with Crippen LogP contribution in [0.25, 0.3) is 0 Å². The maximum Gasteiger partial charge on any atom is 0.133 e. The molecule has 0 aliphatic heterocycles. The highest BCUT2D eigenvalue weighted by molar-refractivity contribution is 5.31. The smallest absolute Gasteiger partial charge is 0.133 e. The van der Waals surface area contributed by atoms with Crippen LogP contribution in [0.5, 0.6) is 5.75 Å². The number of benzene rings is 1. The van der Waals surface area contributed by atoms with E-state index < -0.39 is 11.6 Å². The first-order chi connectivity index (χ1) is 7.54. The van der Waals surface area contributed by atoms with E-state index in [1.54, 1.807) is 0 Å². The summed E-state index contributed by atoms with van der Waals surface area (Å²) in [7, 11) is 0. The summed E-state index contributed by atoms with van der Waals surface area (Å²) in [6, 6.07) is 2.43. The molecule has 88 valence electrons. The first kappa shape index (κ1) is 12.7. The molecule has 1 rings (SSSR count). The van der Waals surface area contributed by atoms with Crippen LogP contribution in [0.4, 0.5) is 8.78 Å². The molecule has 3 heteroatoms. The second-order valence-corrected chi connectivity index (χ2v) is 4.06. The number of hydrogen-bond acceptors (Lipinski definition) is 1. The molecular weight excluding hydrogens is 210 g/mol. The third kappa shape index (κ3) is 3.33. The minimum atomic E-state index is -0.548. The Kier molecular flexibility index (Phi) is 4.47. The fourth-order valence-corrected chi connectivity index (χ4v) is 1.42. The van der Waals surface area contributed by atoms with Crippen molar-refractivity contribution in [3.8, 4) is 5.75 Å². The molecule has 0 aliphatic carbocycles. The van der Waals surface area contributed by atoms with Gasteiger partial charge in [-0.2, -0.15) is 0 Å². The molecule has 0 bridgehead atoms. The Morgan fingerprint density at radius 2 is 1.88 bits per heavy atom. The molecule has 1 nitrogen and oxygen atoms in total. The molecule has 0 fully saturated rings. The van der Waals surface area contributed by atoms with Crippen LogP contribution in [0.1, 0.15) is 19.4 Å². The Hall–Kier alpha value is -1.38. The largest absolute Gasteiger partial charge is 0.489 e. The molecule has 0 atom stereocenters. The van der Waals surface area contributed by atoms with Crippen LogP contribution in [0.2, 0.25) is 0 Å². The highest BCUT2D eigenvalue weighted by Gasteiger charge is 2.12. The summed E-state index contributed by atoms with van der Waals surface area (Å²) in [5.74, 6) is -0.688. The van der Waals surface area contributed by atoms with Gasteiger partial charge in [-0.3, -0.25) is 0 Å². The lowest BCUT2D eigenvalue weighted by Gasteiger charge is -2.10. The van der Waals surface area contributed by atoms with Gasteiger partial charge >= 0.3 is 0 Å². The monoisotopic (exact) mass is 226 g/mol. The van der Waals surface area contributed by atoms with Crippen molar-refractivity contribution >= 4 is 0 Å². The van der Waals surface area contributed by atoms with E-state index in [9.17, 15) is 8.78 Å². The number of halogens is 2. The van der Waals surface area contributed by atoms with Crippen LogP contribution < -0.4 is 4.74 Å². The number of rotatable bonds is 5. The second kappa shape index (κ2) is 5.64. The lowest BCUT2D eigenvalue weighted by molar-refractivity contribution is 0.356. The molecule has 1 aromatic rings. The molecule has 0 saturated heterocycles. The van der Waals surface area contributed by atoms with E-state index >= 15 is 0 Å². The normalized spacial score (nSPS) is 10.6. The average Bonchev–Trinajstić information content (AvgIpc) is 2.20. The van der Waals surface area contributed by atoms with Crippen molar-refractivity contribution in [2.24, 2.45) is 5.92 Å². The maximum absolute atomic E-state index is 13.6. The van der Waals surface area contributed by atoms with Crippen LogP contribution in [0.3, 0.4) is 0 Å². The van der Waals surface area contributed by atoms with Crippen molar-refractivity contribution in [3.63, 3.8) is 0 Å². The lowest BCUT2D eigenvalue weighted by atomic mass is 10.0. The Balaban J connectivity index is 2.93. The predicted octanol–water partition coefficient (Wildman–Crippen LogP) is 3.73. The SMILES string of the molecule is C=CCOc1cc(F)c(CC(C)C)c(F)c1. The van der Waals surface area contributed by atoms with E-state index in [-0.39, 0.29) is 23.8 Å². The van der Waals surface area contributed by atoms with Crippen molar-refractivity contribution < 1.29 is 13.5 Å². The van der Waals surface area contributed by atoms with Gasteiger partial charge in [-0.15, -0.1) is 0 Å². The summed E-state index contributed by atoms with van der Waals surface area (Å²) in [6.07, 6.45) is 1.91. The van der Waals surface area contributed by atoms with E-state index in [1.165, 1.54) is 18.2 Å². The van der Waals surface area contributed by atoms with Crippen LogP contribution in [0.15, 0.2) is 24.8 Å². The summed E-state index contributed by atoms with van der Waals surface area (Å²) < 4.78 is 32.2. The molecule has 0 saturated carbocycles. The number of hydrogen-bond donors (Lipinski definition) is 0. The highest BCUT2D eigenvalue weighted by Crippen LogP contribution is 2.23. The Morgan fingerprint density at radius 3 is 2.31 bits per heavy atom. The van der Waals surface area contributed by atoms with Gasteiger partial charge in [0.05, 0.1) is 0 Å². The molecule has 16 heavy (non-hydrogen) atoms. The second-order valence-electron chi connectivity index (χ2n) is 4.06. The van der Waals surface area contributed by atoms with Crippen LogP contribution in [-0.2, 0) is 6.42 Å². The van der Waals surface area contributed by atoms with Gasteiger partial charge < -0.3 is 4.74 Å². The van der Waals surface area contributed by atoms with E-state index in [1.807, 2.05) is 13.8 Å². The molecule has 0 aliphatic rings. The van der Waals surface area contributed by atoms with Gasteiger partial charge in [-0.05, 0) is 12.3 Å². The van der Waals surface area contributed by atoms with E-state index in [0.29, 0.717) is 6.42 Å². The first-order valence-electron chi connectivity index (χ1n) is 5.26. The van der Waals surface area contributed by atoms with Gasteiger partial charge in [0, 0.05) is 17.7 Å². The Bertz CT molecular complexity index is 349. The van der Waals surface area contributed by atoms with Crippen LogP contribution >= 0.6 is 0 Å². The van der Waals surface area contributed by atoms with Gasteiger partial charge in [0.2, 0.25) is 0 Å².